The van der Waals surface area contributed by atoms with Gasteiger partial charge in [0.05, 0.1) is 18.2 Å². The van der Waals surface area contributed by atoms with Crippen LogP contribution in [0.25, 0.3) is 0 Å². The molecule has 3 aromatic rings. The molecule has 0 unspecified atom stereocenters. The molecule has 0 aliphatic heterocycles. The number of alkyl halides is 3. The van der Waals surface area contributed by atoms with E-state index in [0.717, 1.165) is 11.1 Å². The number of carbonyl (C=O) groups is 2. The summed E-state index contributed by atoms with van der Waals surface area (Å²) in [6.07, 6.45) is -0.310. The lowest BCUT2D eigenvalue weighted by atomic mass is 9.64. The maximum atomic E-state index is 14.9. The average Bonchev–Trinajstić information content (AvgIpc) is 3.33. The smallest absolute Gasteiger partial charge is 0.406 e. The number of hydrogen-bond donors (Lipinski definition) is 3. The summed E-state index contributed by atoms with van der Waals surface area (Å²) in [7, 11) is 0. The van der Waals surface area contributed by atoms with Crippen molar-refractivity contribution in [2.45, 2.75) is 116 Å². The zero-order chi connectivity index (χ0) is 39.4. The molecule has 0 spiro atoms. The number of halogens is 5. The van der Waals surface area contributed by atoms with Gasteiger partial charge in [0.2, 0.25) is 0 Å². The molecule has 7 nitrogen and oxygen atoms in total. The lowest BCUT2D eigenvalue weighted by Gasteiger charge is -2.46. The number of allylic oxidation sites excluding steroid dienone is 2. The van der Waals surface area contributed by atoms with Crippen molar-refractivity contribution in [3.8, 4) is 5.75 Å². The highest BCUT2D eigenvalue weighted by Gasteiger charge is 2.57. The number of amides is 2. The first-order valence-electron chi connectivity index (χ1n) is 18.4. The Labute approximate surface area is 319 Å². The monoisotopic (exact) mass is 772 g/mol. The second-order valence-electron chi connectivity index (χ2n) is 15.4. The Morgan fingerprint density at radius 2 is 1.80 bits per heavy atom. The standard InChI is InChI=1S/C42H49ClF4N2O5/c1-26(2)48-39(52)49(24-28-11-15-31(16-12-28)54-42(45,46)47)25-41(53)20-18-35-32-17-13-29(21-30(50)14-10-27(3)7-6-19-40(35,41)4)22-33(32)38(51)23-34-36(43)8-5-9-37(34)44/h5,7-9,11-13,15-17,22,26,30,35,50,53H,6,10,14,18-21,23-25H2,1-4H3,(H,48,52)/t30-,35-,40-,41+/m0/s1. The van der Waals surface area contributed by atoms with Crippen LogP contribution in [0.2, 0.25) is 5.02 Å². The third-order valence-electron chi connectivity index (χ3n) is 11.1. The molecule has 12 heteroatoms. The summed E-state index contributed by atoms with van der Waals surface area (Å²) in [5, 5.41) is 26.8. The fraction of sp³-hybridized carbons (Fsp3) is 0.476. The molecule has 2 amide bonds. The summed E-state index contributed by atoms with van der Waals surface area (Å²) in [6.45, 7) is 7.52. The minimum Gasteiger partial charge on any atom is -0.406 e. The zero-order valence-corrected chi connectivity index (χ0v) is 31.9. The van der Waals surface area contributed by atoms with Gasteiger partial charge in [-0.25, -0.2) is 9.18 Å². The SMILES string of the molecule is CC1=CCC[C@@]2(C)[C@@H](CC[C@@]2(O)CN(Cc2ccc(OC(F)(F)F)cc2)C(=O)NC(C)C)c2ccc(cc2C(=O)Cc2c(F)cccc2Cl)C[C@@H](O)CC1. The third kappa shape index (κ3) is 9.83. The van der Waals surface area contributed by atoms with E-state index in [1.807, 2.05) is 39.8 Å². The zero-order valence-electron chi connectivity index (χ0n) is 31.1. The van der Waals surface area contributed by atoms with E-state index in [2.05, 4.69) is 16.1 Å². The Morgan fingerprint density at radius 3 is 2.46 bits per heavy atom. The molecule has 0 radical (unpaired) electrons. The Balaban J connectivity index is 1.55. The number of ketones is 1. The minimum absolute atomic E-state index is 0.00290. The lowest BCUT2D eigenvalue weighted by Crippen LogP contribution is -2.55. The van der Waals surface area contributed by atoms with Crippen LogP contribution in [-0.4, -0.2) is 57.6 Å². The number of benzene rings is 3. The Bertz CT molecular complexity index is 1830. The normalized spacial score (nSPS) is 23.4. The van der Waals surface area contributed by atoms with E-state index in [0.29, 0.717) is 55.2 Å². The topological polar surface area (TPSA) is 99.1 Å². The maximum absolute atomic E-state index is 14.9. The van der Waals surface area contributed by atoms with Crippen LogP contribution in [0.5, 0.6) is 5.75 Å². The first-order chi connectivity index (χ1) is 25.4. The Morgan fingerprint density at radius 1 is 1.07 bits per heavy atom. The summed E-state index contributed by atoms with van der Waals surface area (Å²) < 4.78 is 57.4. The molecule has 1 fully saturated rings. The van der Waals surface area contributed by atoms with Gasteiger partial charge in [0.25, 0.3) is 0 Å². The highest BCUT2D eigenvalue weighted by molar-refractivity contribution is 6.31. The summed E-state index contributed by atoms with van der Waals surface area (Å²) in [4.78, 5) is 29.4. The predicted molar refractivity (Wildman–Crippen MR) is 200 cm³/mol. The summed E-state index contributed by atoms with van der Waals surface area (Å²) >= 11 is 6.35. The number of rotatable bonds is 9. The van der Waals surface area contributed by atoms with Gasteiger partial charge in [-0.3, -0.25) is 4.79 Å². The average molecular weight is 773 g/mol. The van der Waals surface area contributed by atoms with Crippen LogP contribution in [0, 0.1) is 11.2 Å². The number of urea groups is 1. The number of aliphatic hydroxyl groups excluding tert-OH is 1. The number of aliphatic hydroxyl groups is 2. The van der Waals surface area contributed by atoms with Crippen LogP contribution in [-0.2, 0) is 19.4 Å². The fourth-order valence-electron chi connectivity index (χ4n) is 8.07. The summed E-state index contributed by atoms with van der Waals surface area (Å²) in [5.41, 5.74) is 1.20. The van der Waals surface area contributed by atoms with E-state index < -0.39 is 35.3 Å². The van der Waals surface area contributed by atoms with Crippen molar-refractivity contribution >= 4 is 23.4 Å². The molecule has 3 aliphatic rings. The van der Waals surface area contributed by atoms with E-state index in [-0.39, 0.29) is 60.0 Å². The van der Waals surface area contributed by atoms with E-state index in [9.17, 15) is 37.4 Å². The first kappa shape index (κ1) is 41.2. The van der Waals surface area contributed by atoms with Crippen LogP contribution in [0.4, 0.5) is 22.4 Å². The molecule has 54 heavy (non-hydrogen) atoms. The molecule has 4 atom stereocenters. The molecule has 3 N–H and O–H groups in total. The van der Waals surface area contributed by atoms with Gasteiger partial charge in [0.15, 0.2) is 5.78 Å². The number of Topliss-reactive ketones (excluding diaryl/α,β-unsaturated/α-hetero) is 1. The van der Waals surface area contributed by atoms with Gasteiger partial charge in [0.1, 0.15) is 11.6 Å². The van der Waals surface area contributed by atoms with Crippen molar-refractivity contribution in [2.24, 2.45) is 5.41 Å². The minimum atomic E-state index is -4.85. The number of carbonyl (C=O) groups excluding carboxylic acids is 2. The van der Waals surface area contributed by atoms with E-state index in [4.69, 9.17) is 11.6 Å². The van der Waals surface area contributed by atoms with Gasteiger partial charge in [-0.1, -0.05) is 60.5 Å². The molecule has 3 aliphatic carbocycles. The van der Waals surface area contributed by atoms with Gasteiger partial charge in [-0.2, -0.15) is 0 Å². The van der Waals surface area contributed by atoms with E-state index in [1.54, 1.807) is 6.07 Å². The summed E-state index contributed by atoms with van der Waals surface area (Å²) in [6, 6.07) is 14.4. The first-order valence-corrected chi connectivity index (χ1v) is 18.8. The number of ether oxygens (including phenoxy) is 1. The molecule has 0 aromatic heterocycles. The number of nitrogens with zero attached hydrogens (tertiary/aromatic N) is 1. The van der Waals surface area contributed by atoms with Crippen LogP contribution in [0.3, 0.4) is 0 Å². The molecule has 3 aromatic carbocycles. The molecule has 0 heterocycles. The lowest BCUT2D eigenvalue weighted by molar-refractivity contribution is -0.274. The van der Waals surface area contributed by atoms with E-state index >= 15 is 0 Å². The van der Waals surface area contributed by atoms with Crippen LogP contribution in [0.1, 0.15) is 105 Å². The second-order valence-corrected chi connectivity index (χ2v) is 15.8. The van der Waals surface area contributed by atoms with Gasteiger partial charge in [-0.05, 0) is 119 Å². The number of nitrogens with one attached hydrogen (secondary N) is 1. The Kier molecular flexibility index (Phi) is 12.9. The fourth-order valence-corrected chi connectivity index (χ4v) is 8.30. The number of hydrogen-bond acceptors (Lipinski definition) is 5. The Hall–Kier alpha value is -3.93. The summed E-state index contributed by atoms with van der Waals surface area (Å²) in [5.74, 6) is -1.68. The quantitative estimate of drug-likeness (QED) is 0.114. The highest BCUT2D eigenvalue weighted by Crippen LogP contribution is 2.59. The molecular formula is C42H49ClF4N2O5. The third-order valence-corrected chi connectivity index (χ3v) is 11.4. The molecular weight excluding hydrogens is 724 g/mol. The van der Waals surface area contributed by atoms with Gasteiger partial charge in [-0.15, -0.1) is 13.2 Å². The van der Waals surface area contributed by atoms with E-state index in [1.165, 1.54) is 47.4 Å². The van der Waals surface area contributed by atoms with Crippen molar-refractivity contribution in [3.05, 3.63) is 111 Å². The second kappa shape index (κ2) is 16.8. The van der Waals surface area contributed by atoms with Gasteiger partial charge >= 0.3 is 12.4 Å². The molecule has 292 valence electrons. The largest absolute Gasteiger partial charge is 0.573 e. The van der Waals surface area contributed by atoms with Crippen molar-refractivity contribution in [3.63, 3.8) is 0 Å². The van der Waals surface area contributed by atoms with Crippen molar-refractivity contribution in [2.75, 3.05) is 6.54 Å². The maximum Gasteiger partial charge on any atom is 0.573 e. The van der Waals surface area contributed by atoms with Crippen LogP contribution < -0.4 is 10.1 Å². The van der Waals surface area contributed by atoms with Crippen molar-refractivity contribution in [1.82, 2.24) is 10.2 Å². The predicted octanol–water partition coefficient (Wildman–Crippen LogP) is 9.46. The molecule has 1 saturated carbocycles. The highest BCUT2D eigenvalue weighted by atomic mass is 35.5. The van der Waals surface area contributed by atoms with Crippen molar-refractivity contribution < 1.29 is 42.1 Å². The van der Waals surface area contributed by atoms with Gasteiger partial charge in [0, 0.05) is 40.6 Å². The van der Waals surface area contributed by atoms with Crippen LogP contribution >= 0.6 is 11.6 Å². The molecule has 2 bridgehead atoms. The van der Waals surface area contributed by atoms with Crippen LogP contribution in [0.15, 0.2) is 72.3 Å². The van der Waals surface area contributed by atoms with Crippen molar-refractivity contribution in [1.29, 1.82) is 0 Å². The molecule has 0 saturated heterocycles. The molecule has 6 rings (SSSR count). The van der Waals surface area contributed by atoms with Gasteiger partial charge < -0.3 is 25.2 Å². The number of fused-ring (bicyclic) bond motifs is 8.